The fraction of sp³-hybridized carbons (Fsp3) is 0.481. The van der Waals surface area contributed by atoms with Gasteiger partial charge in [-0.3, -0.25) is 9.59 Å². The standard InChI is InChI=1S/C27H40N4O3/c1-8-9-22(14-21(5)29-18-32)20(4)17-28-27(33)25-15-23(34-13-12-30(6)7)16-26-24(25)10-11-31(26)19(2)3/h10-11,14-16,18-19H,8-9,12-13,17H2,1-7H3,(H,28,33)(H,29,32)/b21-14-,22-20+. The van der Waals surface area contributed by atoms with Gasteiger partial charge in [0.05, 0.1) is 11.1 Å². The van der Waals surface area contributed by atoms with Crippen molar-refractivity contribution in [2.24, 2.45) is 0 Å². The molecule has 2 N–H and O–H groups in total. The van der Waals surface area contributed by atoms with Crippen molar-refractivity contribution >= 4 is 23.2 Å². The fourth-order valence-corrected chi connectivity index (χ4v) is 3.80. The summed E-state index contributed by atoms with van der Waals surface area (Å²) in [5.74, 6) is 0.559. The van der Waals surface area contributed by atoms with Gasteiger partial charge >= 0.3 is 0 Å². The monoisotopic (exact) mass is 468 g/mol. The molecule has 0 aliphatic carbocycles. The van der Waals surface area contributed by atoms with Gasteiger partial charge in [-0.1, -0.05) is 18.9 Å². The number of hydrogen-bond acceptors (Lipinski definition) is 4. The molecule has 0 aliphatic heterocycles. The molecule has 0 spiro atoms. The van der Waals surface area contributed by atoms with Crippen LogP contribution in [-0.2, 0) is 4.79 Å². The zero-order chi connectivity index (χ0) is 25.3. The molecule has 0 aliphatic rings. The molecule has 7 heteroatoms. The average molecular weight is 469 g/mol. The lowest BCUT2D eigenvalue weighted by Crippen LogP contribution is -2.26. The van der Waals surface area contributed by atoms with Crippen molar-refractivity contribution in [1.29, 1.82) is 0 Å². The van der Waals surface area contributed by atoms with E-state index in [2.05, 4.69) is 40.9 Å². The van der Waals surface area contributed by atoms with Crippen molar-refractivity contribution in [1.82, 2.24) is 20.1 Å². The lowest BCUT2D eigenvalue weighted by atomic mass is 10.0. The number of likely N-dealkylation sites (N-methyl/N-ethyl adjacent to an activating group) is 1. The predicted octanol–water partition coefficient (Wildman–Crippen LogP) is 4.66. The first-order valence-corrected chi connectivity index (χ1v) is 11.9. The van der Waals surface area contributed by atoms with Crippen molar-refractivity contribution in [3.8, 4) is 5.75 Å². The van der Waals surface area contributed by atoms with Crippen molar-refractivity contribution < 1.29 is 14.3 Å². The number of carbonyl (C=O) groups excluding carboxylic acids is 2. The van der Waals surface area contributed by atoms with Crippen LogP contribution in [0.1, 0.15) is 63.9 Å². The number of nitrogens with zero attached hydrogens (tertiary/aromatic N) is 2. The number of ether oxygens (including phenoxy) is 1. The molecule has 0 atom stereocenters. The minimum absolute atomic E-state index is 0.133. The van der Waals surface area contributed by atoms with Crippen molar-refractivity contribution in [3.63, 3.8) is 0 Å². The molecule has 186 valence electrons. The zero-order valence-electron chi connectivity index (χ0n) is 21.7. The minimum Gasteiger partial charge on any atom is -0.492 e. The molecule has 2 amide bonds. The largest absolute Gasteiger partial charge is 0.492 e. The zero-order valence-corrected chi connectivity index (χ0v) is 21.7. The van der Waals surface area contributed by atoms with Gasteiger partial charge in [0.1, 0.15) is 12.4 Å². The highest BCUT2D eigenvalue weighted by atomic mass is 16.5. The number of amides is 2. The topological polar surface area (TPSA) is 75.6 Å². The Morgan fingerprint density at radius 2 is 1.97 bits per heavy atom. The normalized spacial score (nSPS) is 12.8. The van der Waals surface area contributed by atoms with Gasteiger partial charge in [0.25, 0.3) is 5.91 Å². The summed E-state index contributed by atoms with van der Waals surface area (Å²) in [6.45, 7) is 12.0. The van der Waals surface area contributed by atoms with Crippen LogP contribution in [0.25, 0.3) is 10.9 Å². The van der Waals surface area contributed by atoms with Crippen molar-refractivity contribution in [3.05, 3.63) is 52.9 Å². The Bertz CT molecular complexity index is 1050. The van der Waals surface area contributed by atoms with Gasteiger partial charge in [-0.15, -0.1) is 0 Å². The summed E-state index contributed by atoms with van der Waals surface area (Å²) in [5.41, 5.74) is 4.56. The lowest BCUT2D eigenvalue weighted by molar-refractivity contribution is -0.108. The summed E-state index contributed by atoms with van der Waals surface area (Å²) in [6.07, 6.45) is 6.51. The van der Waals surface area contributed by atoms with Crippen molar-refractivity contribution in [2.75, 3.05) is 33.8 Å². The highest BCUT2D eigenvalue weighted by Gasteiger charge is 2.16. The molecule has 2 aromatic rings. The summed E-state index contributed by atoms with van der Waals surface area (Å²) >= 11 is 0. The van der Waals surface area contributed by atoms with E-state index in [4.69, 9.17) is 4.74 Å². The molecule has 2 rings (SSSR count). The van der Waals surface area contributed by atoms with E-state index in [0.717, 1.165) is 47.1 Å². The smallest absolute Gasteiger partial charge is 0.252 e. The van der Waals surface area contributed by atoms with Gasteiger partial charge in [0.2, 0.25) is 6.41 Å². The molecule has 0 fully saturated rings. The van der Waals surface area contributed by atoms with Gasteiger partial charge in [-0.05, 0) is 72.0 Å². The Kier molecular flexibility index (Phi) is 10.4. The minimum atomic E-state index is -0.133. The van der Waals surface area contributed by atoms with Crippen LogP contribution in [0.2, 0.25) is 0 Å². The number of fused-ring (bicyclic) bond motifs is 1. The molecule has 0 bridgehead atoms. The van der Waals surface area contributed by atoms with Crippen LogP contribution in [-0.4, -0.2) is 55.6 Å². The second-order valence-corrected chi connectivity index (χ2v) is 9.20. The molecule has 1 heterocycles. The molecule has 1 aromatic heterocycles. The van der Waals surface area contributed by atoms with E-state index in [0.29, 0.717) is 30.9 Å². The number of benzene rings is 1. The molecule has 0 saturated heterocycles. The van der Waals surface area contributed by atoms with Crippen LogP contribution in [0.5, 0.6) is 5.75 Å². The van der Waals surface area contributed by atoms with Gasteiger partial charge < -0.3 is 24.8 Å². The summed E-state index contributed by atoms with van der Waals surface area (Å²) in [6, 6.07) is 6.11. The van der Waals surface area contributed by atoms with Crippen LogP contribution in [0, 0.1) is 0 Å². The van der Waals surface area contributed by atoms with E-state index in [1.165, 1.54) is 0 Å². The maximum absolute atomic E-state index is 13.3. The summed E-state index contributed by atoms with van der Waals surface area (Å²) in [4.78, 5) is 26.1. The Labute approximate surface area is 203 Å². The molecule has 0 saturated carbocycles. The highest BCUT2D eigenvalue weighted by molar-refractivity contribution is 6.07. The SMILES string of the molecule is CCCC(/C=C(/C)NC=O)=C(/C)CNC(=O)c1cc(OCCN(C)C)cc2c1ccn2C(C)C. The maximum atomic E-state index is 13.3. The van der Waals surface area contributed by atoms with Crippen LogP contribution in [0.4, 0.5) is 0 Å². The Hall–Kier alpha value is -3.06. The molecular weight excluding hydrogens is 428 g/mol. The van der Waals surface area contributed by atoms with Crippen LogP contribution in [0.3, 0.4) is 0 Å². The van der Waals surface area contributed by atoms with E-state index in [1.807, 2.05) is 58.4 Å². The average Bonchev–Trinajstić information content (AvgIpc) is 3.20. The number of hydrogen-bond donors (Lipinski definition) is 2. The number of aromatic nitrogens is 1. The van der Waals surface area contributed by atoms with Gasteiger partial charge in [0.15, 0.2) is 0 Å². The molecule has 0 radical (unpaired) electrons. The third kappa shape index (κ3) is 7.48. The molecule has 0 unspecified atom stereocenters. The molecular formula is C27H40N4O3. The van der Waals surface area contributed by atoms with Crippen LogP contribution in [0.15, 0.2) is 47.3 Å². The van der Waals surface area contributed by atoms with E-state index in [9.17, 15) is 9.59 Å². The first kappa shape index (κ1) is 27.2. The summed E-state index contributed by atoms with van der Waals surface area (Å²) in [5, 5.41) is 6.68. The van der Waals surface area contributed by atoms with E-state index < -0.39 is 0 Å². The number of allylic oxidation sites excluding steroid dienone is 3. The lowest BCUT2D eigenvalue weighted by Gasteiger charge is -2.15. The quantitative estimate of drug-likeness (QED) is 0.331. The number of nitrogens with one attached hydrogen (secondary N) is 2. The molecule has 34 heavy (non-hydrogen) atoms. The Morgan fingerprint density at radius 3 is 2.59 bits per heavy atom. The van der Waals surface area contributed by atoms with Gasteiger partial charge in [-0.25, -0.2) is 0 Å². The number of carbonyl (C=O) groups is 2. The van der Waals surface area contributed by atoms with E-state index >= 15 is 0 Å². The second kappa shape index (κ2) is 13.0. The van der Waals surface area contributed by atoms with Gasteiger partial charge in [-0.2, -0.15) is 0 Å². The highest BCUT2D eigenvalue weighted by Crippen LogP contribution is 2.29. The summed E-state index contributed by atoms with van der Waals surface area (Å²) < 4.78 is 8.15. The Morgan fingerprint density at radius 1 is 1.24 bits per heavy atom. The van der Waals surface area contributed by atoms with Crippen LogP contribution >= 0.6 is 0 Å². The second-order valence-electron chi connectivity index (χ2n) is 9.20. The molecule has 1 aromatic carbocycles. The van der Waals surface area contributed by atoms with E-state index in [1.54, 1.807) is 0 Å². The first-order valence-electron chi connectivity index (χ1n) is 11.9. The number of rotatable bonds is 13. The third-order valence-electron chi connectivity index (χ3n) is 5.68. The fourth-order valence-electron chi connectivity index (χ4n) is 3.80. The molecule has 7 nitrogen and oxygen atoms in total. The maximum Gasteiger partial charge on any atom is 0.252 e. The predicted molar refractivity (Wildman–Crippen MR) is 139 cm³/mol. The van der Waals surface area contributed by atoms with Crippen LogP contribution < -0.4 is 15.4 Å². The Balaban J connectivity index is 2.33. The van der Waals surface area contributed by atoms with E-state index in [-0.39, 0.29) is 11.9 Å². The summed E-state index contributed by atoms with van der Waals surface area (Å²) in [7, 11) is 4.01. The van der Waals surface area contributed by atoms with Gasteiger partial charge in [0, 0.05) is 42.5 Å². The first-order chi connectivity index (χ1) is 16.2. The van der Waals surface area contributed by atoms with Crippen molar-refractivity contribution in [2.45, 2.75) is 53.5 Å². The third-order valence-corrected chi connectivity index (χ3v) is 5.68.